The molecule has 0 atom stereocenters. The van der Waals surface area contributed by atoms with Crippen LogP contribution in [0.5, 0.6) is 0 Å². The van der Waals surface area contributed by atoms with E-state index in [2.05, 4.69) is 19.9 Å². The summed E-state index contributed by atoms with van der Waals surface area (Å²) in [5.74, 6) is 0.888. The molecule has 1 saturated carbocycles. The third-order valence-corrected chi connectivity index (χ3v) is 4.86. The minimum absolute atomic E-state index is 0. The number of guanidine groups is 1. The predicted molar refractivity (Wildman–Crippen MR) is 92.1 cm³/mol. The molecule has 2 aliphatic rings. The molecule has 118 valence electrons. The smallest absolute Gasteiger partial charge is 0.208 e. The number of nitrogens with zero attached hydrogens (tertiary/aromatic N) is 2. The molecule has 20 heavy (non-hydrogen) atoms. The van der Waals surface area contributed by atoms with Gasteiger partial charge in [-0.1, -0.05) is 6.42 Å². The van der Waals surface area contributed by atoms with Crippen molar-refractivity contribution >= 4 is 40.0 Å². The summed E-state index contributed by atoms with van der Waals surface area (Å²) < 4.78 is 24.4. The number of hydrogen-bond acceptors (Lipinski definition) is 3. The topological polar surface area (TPSA) is 73.8 Å². The highest BCUT2D eigenvalue weighted by molar-refractivity contribution is 14.0. The van der Waals surface area contributed by atoms with Gasteiger partial charge >= 0.3 is 0 Å². The van der Waals surface area contributed by atoms with Crippen LogP contribution in [0.4, 0.5) is 0 Å². The van der Waals surface area contributed by atoms with Gasteiger partial charge < -0.3 is 10.2 Å². The van der Waals surface area contributed by atoms with E-state index >= 15 is 0 Å². The molecular formula is C12H25IN4O2S. The van der Waals surface area contributed by atoms with Crippen molar-refractivity contribution in [2.24, 2.45) is 10.4 Å². The second kappa shape index (κ2) is 7.26. The quantitative estimate of drug-likeness (QED) is 0.305. The molecule has 1 aliphatic heterocycles. The average molecular weight is 416 g/mol. The zero-order valence-electron chi connectivity index (χ0n) is 12.2. The summed E-state index contributed by atoms with van der Waals surface area (Å²) in [5, 5.41) is 3.22. The largest absolute Gasteiger partial charge is 0.355 e. The van der Waals surface area contributed by atoms with Gasteiger partial charge in [-0.15, -0.1) is 24.0 Å². The molecular weight excluding hydrogens is 391 g/mol. The van der Waals surface area contributed by atoms with Crippen LogP contribution in [0.1, 0.15) is 25.7 Å². The van der Waals surface area contributed by atoms with Gasteiger partial charge in [-0.05, 0) is 24.7 Å². The van der Waals surface area contributed by atoms with E-state index in [1.807, 2.05) is 0 Å². The minimum Gasteiger partial charge on any atom is -0.355 e. The summed E-state index contributed by atoms with van der Waals surface area (Å²) in [5.41, 5.74) is 0.544. The third-order valence-electron chi connectivity index (χ3n) is 4.14. The Morgan fingerprint density at radius 3 is 2.45 bits per heavy atom. The molecule has 0 aromatic heterocycles. The highest BCUT2D eigenvalue weighted by atomic mass is 127. The van der Waals surface area contributed by atoms with Gasteiger partial charge in [0.2, 0.25) is 10.0 Å². The summed E-state index contributed by atoms with van der Waals surface area (Å²) in [4.78, 5) is 6.57. The maximum absolute atomic E-state index is 11.0. The van der Waals surface area contributed by atoms with E-state index in [-0.39, 0.29) is 24.0 Å². The van der Waals surface area contributed by atoms with E-state index in [1.165, 1.54) is 31.9 Å². The first-order valence-electron chi connectivity index (χ1n) is 6.84. The van der Waals surface area contributed by atoms with Crippen molar-refractivity contribution < 1.29 is 8.42 Å². The summed E-state index contributed by atoms with van der Waals surface area (Å²) in [6.07, 6.45) is 6.47. The Morgan fingerprint density at radius 2 is 2.00 bits per heavy atom. The van der Waals surface area contributed by atoms with Gasteiger partial charge in [-0.25, -0.2) is 13.1 Å². The van der Waals surface area contributed by atoms with Crippen molar-refractivity contribution in [1.82, 2.24) is 14.9 Å². The standard InChI is InChI=1S/C12H24N4O2S.HI/c1-13-11(14-7-8-15-19(2,17)18)16-9-6-12(10-16)4-3-5-12;/h15H,3-10H2,1-2H3,(H,13,14);1H. The maximum Gasteiger partial charge on any atom is 0.208 e. The van der Waals surface area contributed by atoms with Gasteiger partial charge in [0.05, 0.1) is 6.26 Å². The molecule has 1 heterocycles. The van der Waals surface area contributed by atoms with Gasteiger partial charge in [-0.3, -0.25) is 4.99 Å². The molecule has 2 N–H and O–H groups in total. The zero-order chi connectivity index (χ0) is 13.9. The molecule has 0 unspecified atom stereocenters. The highest BCUT2D eigenvalue weighted by Gasteiger charge is 2.43. The Hall–Kier alpha value is -0.0900. The van der Waals surface area contributed by atoms with E-state index < -0.39 is 10.0 Å². The van der Waals surface area contributed by atoms with Crippen molar-refractivity contribution in [3.63, 3.8) is 0 Å². The molecule has 8 heteroatoms. The lowest BCUT2D eigenvalue weighted by molar-refractivity contribution is 0.151. The lowest BCUT2D eigenvalue weighted by atomic mass is 9.68. The van der Waals surface area contributed by atoms with Gasteiger partial charge in [-0.2, -0.15) is 0 Å². The first-order valence-corrected chi connectivity index (χ1v) is 8.74. The zero-order valence-corrected chi connectivity index (χ0v) is 15.3. The predicted octanol–water partition coefficient (Wildman–Crippen LogP) is 0.605. The van der Waals surface area contributed by atoms with Crippen LogP contribution in [0.15, 0.2) is 4.99 Å². The third kappa shape index (κ3) is 4.73. The Bertz CT molecular complexity index is 448. The van der Waals surface area contributed by atoms with Crippen LogP contribution < -0.4 is 10.0 Å². The summed E-state index contributed by atoms with van der Waals surface area (Å²) in [6, 6.07) is 0. The van der Waals surface area contributed by atoms with Gasteiger partial charge in [0, 0.05) is 33.2 Å². The second-order valence-electron chi connectivity index (χ2n) is 5.67. The van der Waals surface area contributed by atoms with E-state index in [0.29, 0.717) is 18.5 Å². The fourth-order valence-corrected chi connectivity index (χ4v) is 3.42. The molecule has 0 aromatic rings. The van der Waals surface area contributed by atoms with E-state index in [9.17, 15) is 8.42 Å². The monoisotopic (exact) mass is 416 g/mol. The van der Waals surface area contributed by atoms with Crippen LogP contribution in [0.3, 0.4) is 0 Å². The van der Waals surface area contributed by atoms with Crippen LogP contribution in [0, 0.1) is 5.41 Å². The Balaban J connectivity index is 0.00000200. The number of likely N-dealkylation sites (tertiary alicyclic amines) is 1. The van der Waals surface area contributed by atoms with Crippen LogP contribution >= 0.6 is 24.0 Å². The first-order chi connectivity index (χ1) is 8.94. The number of hydrogen-bond donors (Lipinski definition) is 2. The van der Waals surface area contributed by atoms with Crippen LogP contribution in [-0.4, -0.2) is 58.8 Å². The minimum atomic E-state index is -3.10. The normalized spacial score (nSPS) is 21.5. The summed E-state index contributed by atoms with van der Waals surface area (Å²) in [7, 11) is -1.33. The number of halogens is 1. The maximum atomic E-state index is 11.0. The van der Waals surface area contributed by atoms with Crippen molar-refractivity contribution in [1.29, 1.82) is 0 Å². The lowest BCUT2D eigenvalue weighted by Crippen LogP contribution is -2.44. The molecule has 2 rings (SSSR count). The van der Waals surface area contributed by atoms with Gasteiger partial charge in [0.15, 0.2) is 5.96 Å². The Kier molecular flexibility index (Phi) is 6.52. The molecule has 0 aromatic carbocycles. The molecule has 6 nitrogen and oxygen atoms in total. The van der Waals surface area contributed by atoms with Gasteiger partial charge in [0.25, 0.3) is 0 Å². The molecule has 0 radical (unpaired) electrons. The number of rotatable bonds is 4. The molecule has 0 amide bonds. The molecule has 1 spiro atoms. The van der Waals surface area contributed by atoms with Crippen molar-refractivity contribution in [2.75, 3.05) is 39.5 Å². The summed E-state index contributed by atoms with van der Waals surface area (Å²) >= 11 is 0. The van der Waals surface area contributed by atoms with Gasteiger partial charge in [0.1, 0.15) is 0 Å². The number of nitrogens with one attached hydrogen (secondary N) is 2. The molecule has 1 saturated heterocycles. The Labute approximate surface area is 138 Å². The Morgan fingerprint density at radius 1 is 1.30 bits per heavy atom. The number of sulfonamides is 1. The molecule has 2 fully saturated rings. The van der Waals surface area contributed by atoms with E-state index in [1.54, 1.807) is 7.05 Å². The second-order valence-corrected chi connectivity index (χ2v) is 7.50. The van der Waals surface area contributed by atoms with E-state index in [0.717, 1.165) is 19.0 Å². The first kappa shape index (κ1) is 18.0. The lowest BCUT2D eigenvalue weighted by Gasteiger charge is -2.38. The summed E-state index contributed by atoms with van der Waals surface area (Å²) in [6.45, 7) is 3.09. The average Bonchev–Trinajstić information content (AvgIpc) is 2.72. The SMILES string of the molecule is CN=C(NCCNS(C)(=O)=O)N1CCC2(CCC2)C1.I. The van der Waals surface area contributed by atoms with E-state index in [4.69, 9.17) is 0 Å². The number of aliphatic imine (C=N–C) groups is 1. The van der Waals surface area contributed by atoms with Crippen molar-refractivity contribution in [3.8, 4) is 0 Å². The van der Waals surface area contributed by atoms with Crippen LogP contribution in [0.25, 0.3) is 0 Å². The van der Waals surface area contributed by atoms with Crippen LogP contribution in [0.2, 0.25) is 0 Å². The fraction of sp³-hybridized carbons (Fsp3) is 0.917. The highest BCUT2D eigenvalue weighted by Crippen LogP contribution is 2.47. The molecule has 0 bridgehead atoms. The van der Waals surface area contributed by atoms with Crippen LogP contribution in [-0.2, 0) is 10.0 Å². The fourth-order valence-electron chi connectivity index (χ4n) is 2.94. The molecule has 1 aliphatic carbocycles. The van der Waals surface area contributed by atoms with Crippen molar-refractivity contribution in [2.45, 2.75) is 25.7 Å². The van der Waals surface area contributed by atoms with Crippen molar-refractivity contribution in [3.05, 3.63) is 0 Å².